The van der Waals surface area contributed by atoms with Gasteiger partial charge in [0.15, 0.2) is 0 Å². The number of hydrogen-bond acceptors (Lipinski definition) is 3. The molecule has 0 bridgehead atoms. The molecule has 106 valence electrons. The van der Waals surface area contributed by atoms with Crippen molar-refractivity contribution in [3.8, 4) is 0 Å². The van der Waals surface area contributed by atoms with Crippen molar-refractivity contribution in [2.75, 3.05) is 11.9 Å². The smallest absolute Gasteiger partial charge is 0.334 e. The molecule has 0 radical (unpaired) electrons. The van der Waals surface area contributed by atoms with Crippen LogP contribution in [-0.2, 0) is 14.3 Å². The Hall–Kier alpha value is -1.78. The van der Waals surface area contributed by atoms with E-state index in [1.807, 2.05) is 0 Å². The van der Waals surface area contributed by atoms with E-state index < -0.39 is 11.9 Å². The third-order valence-corrected chi connectivity index (χ3v) is 2.58. The number of rotatable bonds is 6. The van der Waals surface area contributed by atoms with E-state index in [1.165, 1.54) is 6.08 Å². The largest absolute Gasteiger partial charge is 0.458 e. The minimum absolute atomic E-state index is 0.0532. The predicted octanol–water partition coefficient (Wildman–Crippen LogP) is 3.61. The number of amides is 1. The molecule has 1 aromatic rings. The van der Waals surface area contributed by atoms with Crippen LogP contribution in [0, 0.1) is 0 Å². The molecule has 4 nitrogen and oxygen atoms in total. The van der Waals surface area contributed by atoms with Gasteiger partial charge in [0.2, 0.25) is 5.91 Å². The van der Waals surface area contributed by atoms with Crippen LogP contribution in [-0.4, -0.2) is 18.5 Å². The van der Waals surface area contributed by atoms with Gasteiger partial charge in [-0.15, -0.1) is 0 Å². The van der Waals surface area contributed by atoms with Gasteiger partial charge in [-0.1, -0.05) is 42.4 Å². The van der Waals surface area contributed by atoms with Gasteiger partial charge in [0.25, 0.3) is 0 Å². The summed E-state index contributed by atoms with van der Waals surface area (Å²) >= 11 is 11.6. The average Bonchev–Trinajstić information content (AvgIpc) is 2.34. The maximum Gasteiger partial charge on any atom is 0.334 e. The molecule has 1 rings (SSSR count). The van der Waals surface area contributed by atoms with Crippen LogP contribution in [0.2, 0.25) is 10.0 Å². The first kappa shape index (κ1) is 16.3. The van der Waals surface area contributed by atoms with Crippen molar-refractivity contribution in [3.63, 3.8) is 0 Å². The number of esters is 1. The Morgan fingerprint density at radius 3 is 2.40 bits per heavy atom. The standard InChI is InChI=1S/C14H13Cl2NO3/c1-3-4-20-14(19)9(2)5-13(18)17-12-7-10(15)6-11(16)8-12/h3,6-8H,1-2,4-5H2,(H,17,18). The van der Waals surface area contributed by atoms with Gasteiger partial charge in [-0.2, -0.15) is 0 Å². The van der Waals surface area contributed by atoms with E-state index in [0.29, 0.717) is 15.7 Å². The van der Waals surface area contributed by atoms with E-state index in [9.17, 15) is 9.59 Å². The first-order valence-electron chi connectivity index (χ1n) is 5.64. The molecule has 6 heteroatoms. The summed E-state index contributed by atoms with van der Waals surface area (Å²) in [6.07, 6.45) is 1.25. The highest BCUT2D eigenvalue weighted by molar-refractivity contribution is 6.35. The van der Waals surface area contributed by atoms with Crippen LogP contribution in [0.25, 0.3) is 0 Å². The Morgan fingerprint density at radius 2 is 1.85 bits per heavy atom. The second kappa shape index (κ2) is 7.72. The highest BCUT2D eigenvalue weighted by Crippen LogP contribution is 2.22. The molecule has 1 N–H and O–H groups in total. The summed E-state index contributed by atoms with van der Waals surface area (Å²) in [5, 5.41) is 3.37. The zero-order chi connectivity index (χ0) is 15.1. The van der Waals surface area contributed by atoms with E-state index in [-0.39, 0.29) is 18.6 Å². The average molecular weight is 314 g/mol. The van der Waals surface area contributed by atoms with Crippen molar-refractivity contribution in [3.05, 3.63) is 53.1 Å². The Balaban J connectivity index is 2.57. The quantitative estimate of drug-likeness (QED) is 0.496. The Kier molecular flexibility index (Phi) is 6.28. The van der Waals surface area contributed by atoms with Crippen LogP contribution < -0.4 is 5.32 Å². The van der Waals surface area contributed by atoms with Gasteiger partial charge in [-0.3, -0.25) is 4.79 Å². The summed E-state index contributed by atoms with van der Waals surface area (Å²) in [6.45, 7) is 6.99. The fraction of sp³-hybridized carbons (Fsp3) is 0.143. The first-order valence-corrected chi connectivity index (χ1v) is 6.39. The fourth-order valence-corrected chi connectivity index (χ4v) is 1.86. The topological polar surface area (TPSA) is 55.4 Å². The van der Waals surface area contributed by atoms with Gasteiger partial charge >= 0.3 is 5.97 Å². The van der Waals surface area contributed by atoms with Crippen LogP contribution in [0.5, 0.6) is 0 Å². The lowest BCUT2D eigenvalue weighted by atomic mass is 10.2. The molecular formula is C14H13Cl2NO3. The van der Waals surface area contributed by atoms with Crippen molar-refractivity contribution in [2.45, 2.75) is 6.42 Å². The minimum Gasteiger partial charge on any atom is -0.458 e. The van der Waals surface area contributed by atoms with Gasteiger partial charge in [-0.25, -0.2) is 4.79 Å². The molecule has 0 aliphatic rings. The minimum atomic E-state index is -0.635. The summed E-state index contributed by atoms with van der Waals surface area (Å²) in [6, 6.07) is 4.64. The van der Waals surface area contributed by atoms with Crippen LogP contribution >= 0.6 is 23.2 Å². The number of anilines is 1. The van der Waals surface area contributed by atoms with Crippen LogP contribution in [0.4, 0.5) is 5.69 Å². The molecule has 0 aliphatic heterocycles. The molecule has 1 aromatic carbocycles. The third-order valence-electron chi connectivity index (χ3n) is 2.14. The van der Waals surface area contributed by atoms with E-state index in [2.05, 4.69) is 18.5 Å². The zero-order valence-corrected chi connectivity index (χ0v) is 12.1. The van der Waals surface area contributed by atoms with Gasteiger partial charge in [0.1, 0.15) is 6.61 Å². The molecule has 0 aromatic heterocycles. The molecule has 0 spiro atoms. The molecule has 0 saturated carbocycles. The van der Waals surface area contributed by atoms with Crippen molar-refractivity contribution in [1.29, 1.82) is 0 Å². The third kappa shape index (κ3) is 5.47. The van der Waals surface area contributed by atoms with Crippen molar-refractivity contribution >= 4 is 40.8 Å². The van der Waals surface area contributed by atoms with E-state index >= 15 is 0 Å². The number of nitrogens with one attached hydrogen (secondary N) is 1. The molecule has 0 fully saturated rings. The lowest BCUT2D eigenvalue weighted by Crippen LogP contribution is -2.16. The van der Waals surface area contributed by atoms with Gasteiger partial charge in [0.05, 0.1) is 6.42 Å². The van der Waals surface area contributed by atoms with Crippen molar-refractivity contribution < 1.29 is 14.3 Å². The molecule has 0 heterocycles. The second-order valence-electron chi connectivity index (χ2n) is 3.87. The number of carbonyl (C=O) groups is 2. The Labute approximate surface area is 127 Å². The van der Waals surface area contributed by atoms with Gasteiger partial charge in [-0.05, 0) is 18.2 Å². The number of hydrogen-bond donors (Lipinski definition) is 1. The first-order chi connectivity index (χ1) is 9.42. The van der Waals surface area contributed by atoms with Crippen molar-refractivity contribution in [2.24, 2.45) is 0 Å². The van der Waals surface area contributed by atoms with Crippen LogP contribution in [0.15, 0.2) is 43.0 Å². The number of carbonyl (C=O) groups excluding carboxylic acids is 2. The monoisotopic (exact) mass is 313 g/mol. The van der Waals surface area contributed by atoms with Crippen LogP contribution in [0.1, 0.15) is 6.42 Å². The summed E-state index contributed by atoms with van der Waals surface area (Å²) < 4.78 is 4.76. The van der Waals surface area contributed by atoms with E-state index in [0.717, 1.165) is 0 Å². The summed E-state index contributed by atoms with van der Waals surface area (Å²) in [5.74, 6) is -1.05. The maximum atomic E-state index is 11.7. The number of benzene rings is 1. The Bertz CT molecular complexity index is 535. The lowest BCUT2D eigenvalue weighted by Gasteiger charge is -2.08. The van der Waals surface area contributed by atoms with Crippen LogP contribution in [0.3, 0.4) is 0 Å². The SMILES string of the molecule is C=CCOC(=O)C(=C)CC(=O)Nc1cc(Cl)cc(Cl)c1. The number of ether oxygens (including phenoxy) is 1. The van der Waals surface area contributed by atoms with E-state index in [4.69, 9.17) is 27.9 Å². The highest BCUT2D eigenvalue weighted by atomic mass is 35.5. The Morgan fingerprint density at radius 1 is 1.25 bits per heavy atom. The van der Waals surface area contributed by atoms with Gasteiger partial charge in [0, 0.05) is 21.3 Å². The van der Waals surface area contributed by atoms with Gasteiger partial charge < -0.3 is 10.1 Å². The summed E-state index contributed by atoms with van der Waals surface area (Å²) in [4.78, 5) is 23.1. The molecule has 0 aliphatic carbocycles. The molecule has 0 atom stereocenters. The lowest BCUT2D eigenvalue weighted by molar-refractivity contribution is -0.138. The second-order valence-corrected chi connectivity index (χ2v) is 4.75. The molecule has 1 amide bonds. The molecule has 0 saturated heterocycles. The molecule has 0 unspecified atom stereocenters. The summed E-state index contributed by atoms with van der Waals surface area (Å²) in [7, 11) is 0. The maximum absolute atomic E-state index is 11.7. The predicted molar refractivity (Wildman–Crippen MR) is 80.0 cm³/mol. The van der Waals surface area contributed by atoms with Crippen molar-refractivity contribution in [1.82, 2.24) is 0 Å². The fourth-order valence-electron chi connectivity index (χ4n) is 1.33. The zero-order valence-electron chi connectivity index (χ0n) is 10.6. The van der Waals surface area contributed by atoms with E-state index in [1.54, 1.807) is 18.2 Å². The summed E-state index contributed by atoms with van der Waals surface area (Å²) in [5.41, 5.74) is 0.497. The number of halogens is 2. The molecular weight excluding hydrogens is 301 g/mol. The molecule has 20 heavy (non-hydrogen) atoms. The highest BCUT2D eigenvalue weighted by Gasteiger charge is 2.13. The normalized spacial score (nSPS) is 9.70.